The summed E-state index contributed by atoms with van der Waals surface area (Å²) in [4.78, 5) is 22.8. The fourth-order valence-electron chi connectivity index (χ4n) is 2.21. The zero-order valence-electron chi connectivity index (χ0n) is 11.3. The van der Waals surface area contributed by atoms with Gasteiger partial charge < -0.3 is 20.9 Å². The van der Waals surface area contributed by atoms with Crippen molar-refractivity contribution in [1.82, 2.24) is 5.32 Å². The highest BCUT2D eigenvalue weighted by molar-refractivity contribution is 5.91. The van der Waals surface area contributed by atoms with E-state index in [2.05, 4.69) is 5.32 Å². The lowest BCUT2D eigenvalue weighted by Gasteiger charge is -2.57. The maximum absolute atomic E-state index is 12.1. The smallest absolute Gasteiger partial charge is 0.325 e. The van der Waals surface area contributed by atoms with Crippen LogP contribution in [-0.2, 0) is 14.3 Å². The molecule has 0 aliphatic heterocycles. The summed E-state index contributed by atoms with van der Waals surface area (Å²) in [5.41, 5.74) is 4.53. The number of aliphatic carboxylic acids is 1. The van der Waals surface area contributed by atoms with Crippen molar-refractivity contribution in [2.24, 2.45) is 11.1 Å². The number of rotatable bonds is 5. The average molecular weight is 258 g/mol. The van der Waals surface area contributed by atoms with Crippen LogP contribution in [0, 0.1) is 5.41 Å². The molecule has 3 unspecified atom stereocenters. The minimum atomic E-state index is -1.08. The molecule has 0 heterocycles. The number of hydrogen-bond donors (Lipinski definition) is 3. The van der Waals surface area contributed by atoms with E-state index in [1.807, 2.05) is 20.8 Å². The number of carbonyl (C=O) groups excluding carboxylic acids is 1. The summed E-state index contributed by atoms with van der Waals surface area (Å²) in [5.74, 6) is -1.51. The molecule has 0 bridgehead atoms. The van der Waals surface area contributed by atoms with Gasteiger partial charge in [0, 0.05) is 18.4 Å². The molecule has 1 amide bonds. The molecule has 0 saturated heterocycles. The van der Waals surface area contributed by atoms with Crippen LogP contribution < -0.4 is 11.1 Å². The number of hydrogen-bond acceptors (Lipinski definition) is 4. The van der Waals surface area contributed by atoms with Gasteiger partial charge >= 0.3 is 5.97 Å². The minimum Gasteiger partial charge on any atom is -0.480 e. The molecular weight excluding hydrogens is 236 g/mol. The highest BCUT2D eigenvalue weighted by Gasteiger charge is 2.63. The second-order valence-corrected chi connectivity index (χ2v) is 5.37. The predicted molar refractivity (Wildman–Crippen MR) is 66.0 cm³/mol. The van der Waals surface area contributed by atoms with Crippen molar-refractivity contribution in [2.75, 3.05) is 6.61 Å². The molecule has 1 rings (SSSR count). The lowest BCUT2D eigenvalue weighted by molar-refractivity contribution is -0.172. The maximum Gasteiger partial charge on any atom is 0.325 e. The average Bonchev–Trinajstić information content (AvgIpc) is 2.28. The monoisotopic (exact) mass is 258 g/mol. The Kier molecular flexibility index (Phi) is 4.02. The molecular formula is C12H22N2O4. The standard InChI is InChI=1S/C12H22N2O4/c1-5-18-8-6-12(13,11(8,3)4)10(17)14-7(2)9(15)16/h7-8H,5-6,13H2,1-4H3,(H,14,17)(H,15,16). The molecule has 1 fully saturated rings. The molecule has 6 nitrogen and oxygen atoms in total. The van der Waals surface area contributed by atoms with E-state index < -0.39 is 28.9 Å². The molecule has 3 atom stereocenters. The quantitative estimate of drug-likeness (QED) is 0.649. The zero-order chi connectivity index (χ0) is 14.1. The first kappa shape index (κ1) is 14.9. The second kappa shape index (κ2) is 4.85. The van der Waals surface area contributed by atoms with Gasteiger partial charge in [0.25, 0.3) is 0 Å². The fraction of sp³-hybridized carbons (Fsp3) is 0.833. The van der Waals surface area contributed by atoms with Crippen LogP contribution in [0.2, 0.25) is 0 Å². The molecule has 0 aromatic rings. The van der Waals surface area contributed by atoms with Crippen LogP contribution in [0.3, 0.4) is 0 Å². The first-order valence-electron chi connectivity index (χ1n) is 6.11. The van der Waals surface area contributed by atoms with Gasteiger partial charge in [-0.05, 0) is 13.8 Å². The first-order chi connectivity index (χ1) is 8.16. The van der Waals surface area contributed by atoms with E-state index in [0.717, 1.165) is 0 Å². The molecule has 0 spiro atoms. The second-order valence-electron chi connectivity index (χ2n) is 5.37. The Balaban J connectivity index is 2.72. The highest BCUT2D eigenvalue weighted by Crippen LogP contribution is 2.49. The maximum atomic E-state index is 12.1. The Morgan fingerprint density at radius 1 is 1.56 bits per heavy atom. The number of nitrogens with one attached hydrogen (secondary N) is 1. The number of ether oxygens (including phenoxy) is 1. The van der Waals surface area contributed by atoms with Crippen LogP contribution in [0.4, 0.5) is 0 Å². The van der Waals surface area contributed by atoms with E-state index in [-0.39, 0.29) is 6.10 Å². The third-order valence-electron chi connectivity index (χ3n) is 3.95. The van der Waals surface area contributed by atoms with E-state index in [4.69, 9.17) is 15.6 Å². The van der Waals surface area contributed by atoms with Crippen molar-refractivity contribution in [3.63, 3.8) is 0 Å². The van der Waals surface area contributed by atoms with E-state index in [9.17, 15) is 9.59 Å². The number of amides is 1. The first-order valence-corrected chi connectivity index (χ1v) is 6.11. The van der Waals surface area contributed by atoms with Gasteiger partial charge in [-0.3, -0.25) is 9.59 Å². The number of carboxylic acid groups (broad SMARTS) is 1. The van der Waals surface area contributed by atoms with E-state index in [0.29, 0.717) is 13.0 Å². The topological polar surface area (TPSA) is 102 Å². The lowest BCUT2D eigenvalue weighted by atomic mass is 9.54. The van der Waals surface area contributed by atoms with Crippen LogP contribution >= 0.6 is 0 Å². The highest BCUT2D eigenvalue weighted by atomic mass is 16.5. The molecule has 104 valence electrons. The van der Waals surface area contributed by atoms with Gasteiger partial charge in [-0.2, -0.15) is 0 Å². The normalized spacial score (nSPS) is 31.3. The largest absolute Gasteiger partial charge is 0.480 e. The molecule has 18 heavy (non-hydrogen) atoms. The summed E-state index contributed by atoms with van der Waals surface area (Å²) >= 11 is 0. The molecule has 0 aromatic carbocycles. The molecule has 0 aromatic heterocycles. The summed E-state index contributed by atoms with van der Waals surface area (Å²) in [5, 5.41) is 11.2. The Morgan fingerprint density at radius 3 is 2.50 bits per heavy atom. The molecule has 1 aliphatic rings. The summed E-state index contributed by atoms with van der Waals surface area (Å²) in [6, 6.07) is -0.945. The van der Waals surface area contributed by atoms with Crippen molar-refractivity contribution in [1.29, 1.82) is 0 Å². The van der Waals surface area contributed by atoms with Gasteiger partial charge in [0.2, 0.25) is 5.91 Å². The number of nitrogens with two attached hydrogens (primary N) is 1. The van der Waals surface area contributed by atoms with Gasteiger partial charge in [0.1, 0.15) is 11.6 Å². The van der Waals surface area contributed by atoms with Crippen molar-refractivity contribution in [2.45, 2.75) is 51.8 Å². The molecule has 1 aliphatic carbocycles. The lowest BCUT2D eigenvalue weighted by Crippen LogP contribution is -2.76. The Hall–Kier alpha value is -1.14. The number of carboxylic acids is 1. The van der Waals surface area contributed by atoms with E-state index in [1.54, 1.807) is 0 Å². The van der Waals surface area contributed by atoms with Crippen molar-refractivity contribution in [3.8, 4) is 0 Å². The zero-order valence-corrected chi connectivity index (χ0v) is 11.3. The SMILES string of the molecule is CCOC1CC(N)(C(=O)NC(C)C(=O)O)C1(C)C. The van der Waals surface area contributed by atoms with Gasteiger partial charge in [-0.15, -0.1) is 0 Å². The number of carbonyl (C=O) groups is 2. The van der Waals surface area contributed by atoms with Gasteiger partial charge in [-0.25, -0.2) is 0 Å². The summed E-state index contributed by atoms with van der Waals surface area (Å²) < 4.78 is 5.51. The van der Waals surface area contributed by atoms with Crippen molar-refractivity contribution < 1.29 is 19.4 Å². The third-order valence-corrected chi connectivity index (χ3v) is 3.95. The van der Waals surface area contributed by atoms with E-state index in [1.165, 1.54) is 6.92 Å². The summed E-state index contributed by atoms with van der Waals surface area (Å²) in [6.45, 7) is 7.59. The van der Waals surface area contributed by atoms with Gasteiger partial charge in [-0.1, -0.05) is 13.8 Å². The molecule has 1 saturated carbocycles. The molecule has 0 radical (unpaired) electrons. The van der Waals surface area contributed by atoms with Crippen LogP contribution in [-0.4, -0.2) is 41.3 Å². The van der Waals surface area contributed by atoms with Crippen molar-refractivity contribution in [3.05, 3.63) is 0 Å². The van der Waals surface area contributed by atoms with Gasteiger partial charge in [0.15, 0.2) is 0 Å². The molecule has 6 heteroatoms. The predicted octanol–water partition coefficient (Wildman–Crippen LogP) is 0.108. The summed E-state index contributed by atoms with van der Waals surface area (Å²) in [7, 11) is 0. The van der Waals surface area contributed by atoms with E-state index >= 15 is 0 Å². The minimum absolute atomic E-state index is 0.0709. The fourth-order valence-corrected chi connectivity index (χ4v) is 2.21. The van der Waals surface area contributed by atoms with Gasteiger partial charge in [0.05, 0.1) is 6.10 Å². The Labute approximate surface area is 107 Å². The van der Waals surface area contributed by atoms with Crippen LogP contribution in [0.1, 0.15) is 34.1 Å². The third kappa shape index (κ3) is 2.22. The molecule has 4 N–H and O–H groups in total. The Bertz CT molecular complexity index is 356. The summed E-state index contributed by atoms with van der Waals surface area (Å²) in [6.07, 6.45) is 0.338. The van der Waals surface area contributed by atoms with Crippen molar-refractivity contribution >= 4 is 11.9 Å². The van der Waals surface area contributed by atoms with Crippen LogP contribution in [0.15, 0.2) is 0 Å². The van der Waals surface area contributed by atoms with Crippen LogP contribution in [0.5, 0.6) is 0 Å². The Morgan fingerprint density at radius 2 is 2.11 bits per heavy atom. The van der Waals surface area contributed by atoms with Crippen LogP contribution in [0.25, 0.3) is 0 Å².